The van der Waals surface area contributed by atoms with Crippen molar-refractivity contribution in [1.82, 2.24) is 4.90 Å². The number of rotatable bonds is 8. The zero-order valence-electron chi connectivity index (χ0n) is 14.7. The van der Waals surface area contributed by atoms with E-state index in [4.69, 9.17) is 4.74 Å². The van der Waals surface area contributed by atoms with Crippen LogP contribution >= 0.6 is 0 Å². The molecule has 3 nitrogen and oxygen atoms in total. The van der Waals surface area contributed by atoms with E-state index in [0.717, 1.165) is 13.1 Å². The lowest BCUT2D eigenvalue weighted by atomic mass is 9.93. The summed E-state index contributed by atoms with van der Waals surface area (Å²) in [5.74, 6) is 0. The molecule has 0 aromatic heterocycles. The average Bonchev–Trinajstić information content (AvgIpc) is 2.37. The monoisotopic (exact) mass is 313 g/mol. The summed E-state index contributed by atoms with van der Waals surface area (Å²) in [5.41, 5.74) is 3.95. The molecule has 124 valence electrons. The van der Waals surface area contributed by atoms with Crippen molar-refractivity contribution in [3.8, 4) is 0 Å². The molecule has 0 radical (unpaired) electrons. The fourth-order valence-corrected chi connectivity index (χ4v) is 4.98. The Kier molecular flexibility index (Phi) is 8.17. The molecule has 1 atom stereocenters. The Morgan fingerprint density at radius 3 is 2.43 bits per heavy atom. The van der Waals surface area contributed by atoms with Gasteiger partial charge in [0.25, 0.3) is 0 Å². The van der Waals surface area contributed by atoms with E-state index in [2.05, 4.69) is 37.2 Å². The molecule has 1 aliphatic carbocycles. The summed E-state index contributed by atoms with van der Waals surface area (Å²) in [7, 11) is 0.490. The lowest BCUT2D eigenvalue weighted by Crippen LogP contribution is -2.43. The minimum atomic E-state index is -1.17. The number of hydrogen-bond donors (Lipinski definition) is 1. The highest BCUT2D eigenvalue weighted by atomic mass is 28.3. The molecule has 1 rings (SSSR count). The second-order valence-electron chi connectivity index (χ2n) is 7.69. The number of ether oxygens (including phenoxy) is 1. The molecular formula is C17H35NO2Si. The standard InChI is InChI=1S/C17H35NO2Si/c1-15(14-21(3,4)5)11-18(12-17(19)13-20-2)16-9-7-6-8-10-16/h14,16-17,19H,6-13H2,1-5H3/b15-14+. The van der Waals surface area contributed by atoms with Gasteiger partial charge in [0.15, 0.2) is 0 Å². The first kappa shape index (κ1) is 18.9. The second-order valence-corrected chi connectivity index (χ2v) is 12.7. The van der Waals surface area contributed by atoms with E-state index in [-0.39, 0.29) is 6.10 Å². The molecule has 1 aliphatic rings. The van der Waals surface area contributed by atoms with Crippen molar-refractivity contribution in [2.75, 3.05) is 26.8 Å². The number of hydrogen-bond acceptors (Lipinski definition) is 3. The molecule has 1 unspecified atom stereocenters. The van der Waals surface area contributed by atoms with Gasteiger partial charge in [-0.3, -0.25) is 4.90 Å². The summed E-state index contributed by atoms with van der Waals surface area (Å²) in [5, 5.41) is 10.1. The van der Waals surface area contributed by atoms with Gasteiger partial charge < -0.3 is 9.84 Å². The van der Waals surface area contributed by atoms with Crippen LogP contribution in [0.4, 0.5) is 0 Å². The smallest absolute Gasteiger partial charge is 0.0900 e. The van der Waals surface area contributed by atoms with Crippen molar-refractivity contribution in [1.29, 1.82) is 0 Å². The van der Waals surface area contributed by atoms with Crippen LogP contribution < -0.4 is 0 Å². The van der Waals surface area contributed by atoms with Crippen LogP contribution in [0.2, 0.25) is 19.6 Å². The van der Waals surface area contributed by atoms with Crippen molar-refractivity contribution >= 4 is 8.07 Å². The van der Waals surface area contributed by atoms with E-state index in [1.807, 2.05) is 0 Å². The highest BCUT2D eigenvalue weighted by Gasteiger charge is 2.23. The minimum absolute atomic E-state index is 0.378. The van der Waals surface area contributed by atoms with Gasteiger partial charge >= 0.3 is 0 Å². The Hall–Kier alpha value is -0.163. The van der Waals surface area contributed by atoms with E-state index in [9.17, 15) is 5.11 Å². The van der Waals surface area contributed by atoms with E-state index in [1.165, 1.54) is 37.7 Å². The maximum atomic E-state index is 10.1. The molecule has 0 bridgehead atoms. The number of nitrogens with zero attached hydrogens (tertiary/aromatic N) is 1. The van der Waals surface area contributed by atoms with Crippen molar-refractivity contribution in [2.45, 2.75) is 70.8 Å². The van der Waals surface area contributed by atoms with E-state index >= 15 is 0 Å². The molecular weight excluding hydrogens is 278 g/mol. The van der Waals surface area contributed by atoms with Gasteiger partial charge in [-0.1, -0.05) is 50.2 Å². The van der Waals surface area contributed by atoms with Crippen LogP contribution in [0.5, 0.6) is 0 Å². The van der Waals surface area contributed by atoms with Crippen LogP contribution in [-0.2, 0) is 4.74 Å². The van der Waals surface area contributed by atoms with Gasteiger partial charge in [-0.25, -0.2) is 0 Å². The normalized spacial score (nSPS) is 20.0. The Morgan fingerprint density at radius 2 is 1.90 bits per heavy atom. The third kappa shape index (κ3) is 8.14. The highest BCUT2D eigenvalue weighted by molar-refractivity contribution is 6.81. The van der Waals surface area contributed by atoms with Crippen molar-refractivity contribution in [2.24, 2.45) is 0 Å². The van der Waals surface area contributed by atoms with Gasteiger partial charge in [-0.2, -0.15) is 0 Å². The van der Waals surface area contributed by atoms with E-state index in [1.54, 1.807) is 7.11 Å². The average molecular weight is 314 g/mol. The maximum absolute atomic E-state index is 10.1. The molecule has 4 heteroatoms. The Bertz CT molecular complexity index is 319. The van der Waals surface area contributed by atoms with Crippen LogP contribution in [0.3, 0.4) is 0 Å². The van der Waals surface area contributed by atoms with Crippen LogP contribution in [0.25, 0.3) is 0 Å². The molecule has 1 saturated carbocycles. The van der Waals surface area contributed by atoms with Crippen LogP contribution in [-0.4, -0.2) is 57.0 Å². The first-order valence-electron chi connectivity index (χ1n) is 8.41. The van der Waals surface area contributed by atoms with Gasteiger partial charge in [-0.15, -0.1) is 0 Å². The molecule has 0 amide bonds. The van der Waals surface area contributed by atoms with Crippen molar-refractivity contribution in [3.05, 3.63) is 11.3 Å². The highest BCUT2D eigenvalue weighted by Crippen LogP contribution is 2.24. The third-order valence-electron chi connectivity index (χ3n) is 4.03. The molecule has 0 saturated heterocycles. The predicted molar refractivity (Wildman–Crippen MR) is 93.4 cm³/mol. The maximum Gasteiger partial charge on any atom is 0.0900 e. The fourth-order valence-electron chi connectivity index (χ4n) is 3.41. The Labute approximate surface area is 132 Å². The molecule has 0 aliphatic heterocycles. The number of methoxy groups -OCH3 is 1. The first-order chi connectivity index (χ1) is 9.81. The molecule has 0 spiro atoms. The van der Waals surface area contributed by atoms with Crippen molar-refractivity contribution in [3.63, 3.8) is 0 Å². The van der Waals surface area contributed by atoms with Gasteiger partial charge in [-0.05, 0) is 19.8 Å². The van der Waals surface area contributed by atoms with Gasteiger partial charge in [0.1, 0.15) is 0 Å². The van der Waals surface area contributed by atoms with Crippen LogP contribution in [0.15, 0.2) is 11.3 Å². The first-order valence-corrected chi connectivity index (χ1v) is 12.0. The van der Waals surface area contributed by atoms with Crippen molar-refractivity contribution < 1.29 is 9.84 Å². The quantitative estimate of drug-likeness (QED) is 0.697. The molecule has 1 N–H and O–H groups in total. The molecule has 0 aromatic carbocycles. The zero-order chi connectivity index (χ0) is 15.9. The third-order valence-corrected chi connectivity index (χ3v) is 5.39. The van der Waals surface area contributed by atoms with Crippen LogP contribution in [0, 0.1) is 0 Å². The predicted octanol–water partition coefficient (Wildman–Crippen LogP) is 3.45. The van der Waals surface area contributed by atoms with E-state index in [0.29, 0.717) is 12.6 Å². The Balaban J connectivity index is 2.68. The SMILES string of the molecule is COCC(O)CN(C/C(C)=C/[Si](C)(C)C)C1CCCCC1. The summed E-state index contributed by atoms with van der Waals surface area (Å²) in [4.78, 5) is 2.49. The van der Waals surface area contributed by atoms with Crippen LogP contribution in [0.1, 0.15) is 39.0 Å². The lowest BCUT2D eigenvalue weighted by molar-refractivity contribution is 0.0243. The Morgan fingerprint density at radius 1 is 1.29 bits per heavy atom. The van der Waals surface area contributed by atoms with E-state index < -0.39 is 8.07 Å². The number of aliphatic hydroxyl groups is 1. The molecule has 0 aromatic rings. The van der Waals surface area contributed by atoms with Gasteiger partial charge in [0.05, 0.1) is 20.8 Å². The number of aliphatic hydroxyl groups excluding tert-OH is 1. The largest absolute Gasteiger partial charge is 0.389 e. The zero-order valence-corrected chi connectivity index (χ0v) is 15.7. The fraction of sp³-hybridized carbons (Fsp3) is 0.882. The summed E-state index contributed by atoms with van der Waals surface area (Å²) >= 11 is 0. The topological polar surface area (TPSA) is 32.7 Å². The lowest BCUT2D eigenvalue weighted by Gasteiger charge is -2.36. The second kappa shape index (κ2) is 9.08. The summed E-state index contributed by atoms with van der Waals surface area (Å²) in [6.07, 6.45) is 6.21. The summed E-state index contributed by atoms with van der Waals surface area (Å²) in [6, 6.07) is 0.634. The minimum Gasteiger partial charge on any atom is -0.389 e. The molecule has 0 heterocycles. The summed E-state index contributed by atoms with van der Waals surface area (Å²) in [6.45, 7) is 11.5. The van der Waals surface area contributed by atoms with Gasteiger partial charge in [0.2, 0.25) is 0 Å². The molecule has 21 heavy (non-hydrogen) atoms. The molecule has 1 fully saturated rings. The summed E-state index contributed by atoms with van der Waals surface area (Å²) < 4.78 is 5.09. The van der Waals surface area contributed by atoms with Gasteiger partial charge in [0, 0.05) is 26.2 Å².